The van der Waals surface area contributed by atoms with E-state index in [1.165, 1.54) is 0 Å². The molecule has 1 aromatic rings. The Labute approximate surface area is 114 Å². The van der Waals surface area contributed by atoms with Gasteiger partial charge in [-0.05, 0) is 43.5 Å². The predicted molar refractivity (Wildman–Crippen MR) is 75.3 cm³/mol. The van der Waals surface area contributed by atoms with E-state index in [9.17, 15) is 4.79 Å². The number of methoxy groups -OCH3 is 1. The summed E-state index contributed by atoms with van der Waals surface area (Å²) in [7, 11) is 1.65. The first-order valence-corrected chi connectivity index (χ1v) is 6.91. The van der Waals surface area contributed by atoms with Gasteiger partial charge in [-0.15, -0.1) is 0 Å². The lowest BCUT2D eigenvalue weighted by atomic mass is 10.1. The zero-order valence-corrected chi connectivity index (χ0v) is 11.4. The summed E-state index contributed by atoms with van der Waals surface area (Å²) in [6.45, 7) is 1.96. The van der Waals surface area contributed by atoms with Crippen molar-refractivity contribution in [2.24, 2.45) is 0 Å². The Kier molecular flexibility index (Phi) is 5.21. The number of benzene rings is 1. The van der Waals surface area contributed by atoms with Gasteiger partial charge in [-0.1, -0.05) is 12.1 Å². The molecule has 1 atom stereocenters. The molecular formula is C15H22N2O2. The molecule has 1 aliphatic rings. The van der Waals surface area contributed by atoms with Crippen LogP contribution in [0, 0.1) is 0 Å². The number of rotatable bonds is 5. The van der Waals surface area contributed by atoms with Gasteiger partial charge in [0, 0.05) is 19.0 Å². The number of piperidine rings is 1. The third kappa shape index (κ3) is 4.56. The molecule has 1 fully saturated rings. The molecule has 0 bridgehead atoms. The third-order valence-corrected chi connectivity index (χ3v) is 3.44. The van der Waals surface area contributed by atoms with E-state index in [0.717, 1.165) is 43.7 Å². The van der Waals surface area contributed by atoms with Crippen LogP contribution < -0.4 is 15.4 Å². The number of hydrogen-bond donors (Lipinski definition) is 2. The molecule has 4 heteroatoms. The molecule has 104 valence electrons. The van der Waals surface area contributed by atoms with Crippen LogP contribution in [0.3, 0.4) is 0 Å². The standard InChI is InChI=1S/C15H22N2O2/c1-19-14-6-2-4-12(10-14)7-8-15(18)17-13-5-3-9-16-11-13/h2,4,6,10,13,16H,3,5,7-9,11H2,1H3,(H,17,18)/t13-/m0/s1. The number of nitrogens with one attached hydrogen (secondary N) is 2. The van der Waals surface area contributed by atoms with Crippen molar-refractivity contribution >= 4 is 5.91 Å². The van der Waals surface area contributed by atoms with Gasteiger partial charge in [-0.25, -0.2) is 0 Å². The Bertz CT molecular complexity index is 414. The van der Waals surface area contributed by atoms with Gasteiger partial charge in [-0.2, -0.15) is 0 Å². The van der Waals surface area contributed by atoms with Gasteiger partial charge >= 0.3 is 0 Å². The van der Waals surface area contributed by atoms with Crippen molar-refractivity contribution in [1.82, 2.24) is 10.6 Å². The fourth-order valence-corrected chi connectivity index (χ4v) is 2.36. The Balaban J connectivity index is 1.76. The smallest absolute Gasteiger partial charge is 0.220 e. The molecule has 0 radical (unpaired) electrons. The molecule has 1 heterocycles. The molecular weight excluding hydrogens is 240 g/mol. The van der Waals surface area contributed by atoms with Crippen LogP contribution in [0.4, 0.5) is 0 Å². The summed E-state index contributed by atoms with van der Waals surface area (Å²) in [5.74, 6) is 0.978. The average Bonchev–Trinajstić information content (AvgIpc) is 2.46. The van der Waals surface area contributed by atoms with E-state index in [-0.39, 0.29) is 5.91 Å². The minimum atomic E-state index is 0.136. The molecule has 0 aliphatic carbocycles. The molecule has 0 aromatic heterocycles. The maximum Gasteiger partial charge on any atom is 0.220 e. The lowest BCUT2D eigenvalue weighted by Crippen LogP contribution is -2.45. The Morgan fingerprint density at radius 1 is 1.53 bits per heavy atom. The molecule has 1 aliphatic heterocycles. The van der Waals surface area contributed by atoms with Crippen molar-refractivity contribution < 1.29 is 9.53 Å². The number of ether oxygens (including phenoxy) is 1. The van der Waals surface area contributed by atoms with Gasteiger partial charge in [0.25, 0.3) is 0 Å². The van der Waals surface area contributed by atoms with E-state index in [2.05, 4.69) is 10.6 Å². The van der Waals surface area contributed by atoms with Crippen LogP contribution in [0.25, 0.3) is 0 Å². The first-order chi connectivity index (χ1) is 9.28. The van der Waals surface area contributed by atoms with Gasteiger partial charge in [-0.3, -0.25) is 4.79 Å². The highest BCUT2D eigenvalue weighted by Gasteiger charge is 2.14. The van der Waals surface area contributed by atoms with E-state index < -0.39 is 0 Å². The summed E-state index contributed by atoms with van der Waals surface area (Å²) in [6.07, 6.45) is 3.51. The second-order valence-corrected chi connectivity index (χ2v) is 4.96. The fourth-order valence-electron chi connectivity index (χ4n) is 2.36. The van der Waals surface area contributed by atoms with Crippen LogP contribution in [-0.4, -0.2) is 32.1 Å². The molecule has 2 N–H and O–H groups in total. The quantitative estimate of drug-likeness (QED) is 0.845. The summed E-state index contributed by atoms with van der Waals surface area (Å²) in [4.78, 5) is 11.9. The number of aryl methyl sites for hydroxylation is 1. The van der Waals surface area contributed by atoms with E-state index >= 15 is 0 Å². The molecule has 19 heavy (non-hydrogen) atoms. The zero-order valence-electron chi connectivity index (χ0n) is 11.4. The molecule has 0 unspecified atom stereocenters. The van der Waals surface area contributed by atoms with Crippen molar-refractivity contribution in [3.63, 3.8) is 0 Å². The Hall–Kier alpha value is -1.55. The summed E-state index contributed by atoms with van der Waals surface area (Å²) in [6, 6.07) is 8.17. The van der Waals surface area contributed by atoms with Crippen LogP contribution in [-0.2, 0) is 11.2 Å². The first-order valence-electron chi connectivity index (χ1n) is 6.91. The largest absolute Gasteiger partial charge is 0.497 e. The van der Waals surface area contributed by atoms with Crippen LogP contribution in [0.2, 0.25) is 0 Å². The van der Waals surface area contributed by atoms with Crippen LogP contribution in [0.1, 0.15) is 24.8 Å². The SMILES string of the molecule is COc1cccc(CCC(=O)N[C@H]2CCCNC2)c1. The lowest BCUT2D eigenvalue weighted by Gasteiger charge is -2.23. The van der Waals surface area contributed by atoms with Crippen molar-refractivity contribution in [2.45, 2.75) is 31.7 Å². The summed E-state index contributed by atoms with van der Waals surface area (Å²) >= 11 is 0. The summed E-state index contributed by atoms with van der Waals surface area (Å²) in [5, 5.41) is 6.38. The van der Waals surface area contributed by atoms with Gasteiger partial charge in [0.2, 0.25) is 5.91 Å². The minimum Gasteiger partial charge on any atom is -0.497 e. The van der Waals surface area contributed by atoms with E-state index in [0.29, 0.717) is 12.5 Å². The van der Waals surface area contributed by atoms with Crippen molar-refractivity contribution in [3.8, 4) is 5.75 Å². The van der Waals surface area contributed by atoms with Gasteiger partial charge in [0.15, 0.2) is 0 Å². The molecule has 2 rings (SSSR count). The highest BCUT2D eigenvalue weighted by atomic mass is 16.5. The number of amides is 1. The molecule has 4 nitrogen and oxygen atoms in total. The maximum absolute atomic E-state index is 11.9. The summed E-state index contributed by atoms with van der Waals surface area (Å²) < 4.78 is 5.17. The van der Waals surface area contributed by atoms with Crippen molar-refractivity contribution in [3.05, 3.63) is 29.8 Å². The van der Waals surface area contributed by atoms with E-state index in [1.54, 1.807) is 7.11 Å². The first kappa shape index (κ1) is 13.9. The van der Waals surface area contributed by atoms with E-state index in [1.807, 2.05) is 24.3 Å². The number of carbonyl (C=O) groups is 1. The highest BCUT2D eigenvalue weighted by Crippen LogP contribution is 2.14. The van der Waals surface area contributed by atoms with Gasteiger partial charge in [0.1, 0.15) is 5.75 Å². The molecule has 1 amide bonds. The second kappa shape index (κ2) is 7.14. The normalized spacial score (nSPS) is 18.9. The van der Waals surface area contributed by atoms with Crippen molar-refractivity contribution in [1.29, 1.82) is 0 Å². The third-order valence-electron chi connectivity index (χ3n) is 3.44. The Morgan fingerprint density at radius 2 is 2.42 bits per heavy atom. The maximum atomic E-state index is 11.9. The van der Waals surface area contributed by atoms with Gasteiger partial charge in [0.05, 0.1) is 7.11 Å². The average molecular weight is 262 g/mol. The Morgan fingerprint density at radius 3 is 3.16 bits per heavy atom. The van der Waals surface area contributed by atoms with Crippen LogP contribution in [0.5, 0.6) is 5.75 Å². The van der Waals surface area contributed by atoms with Crippen LogP contribution in [0.15, 0.2) is 24.3 Å². The number of hydrogen-bond acceptors (Lipinski definition) is 3. The van der Waals surface area contributed by atoms with E-state index in [4.69, 9.17) is 4.74 Å². The topological polar surface area (TPSA) is 50.4 Å². The number of carbonyl (C=O) groups excluding carboxylic acids is 1. The van der Waals surface area contributed by atoms with Crippen molar-refractivity contribution in [2.75, 3.05) is 20.2 Å². The molecule has 1 saturated heterocycles. The van der Waals surface area contributed by atoms with Crippen LogP contribution >= 0.6 is 0 Å². The molecule has 0 saturated carbocycles. The summed E-state index contributed by atoms with van der Waals surface area (Å²) in [5.41, 5.74) is 1.14. The zero-order chi connectivity index (χ0) is 13.5. The van der Waals surface area contributed by atoms with Gasteiger partial charge < -0.3 is 15.4 Å². The highest BCUT2D eigenvalue weighted by molar-refractivity contribution is 5.76. The minimum absolute atomic E-state index is 0.136. The monoisotopic (exact) mass is 262 g/mol. The fraction of sp³-hybridized carbons (Fsp3) is 0.533. The predicted octanol–water partition coefficient (Wildman–Crippen LogP) is 1.50. The second-order valence-electron chi connectivity index (χ2n) is 4.96. The lowest BCUT2D eigenvalue weighted by molar-refractivity contribution is -0.121. The molecule has 0 spiro atoms. The molecule has 1 aromatic carbocycles.